The standard InChI is InChI=1S/C13H14N2O3/c1-3-15-9-7-5-4-6-8(9)11(16)10(13(15)18)12(17)14-2/h4-7,16H,3H2,1-2H3,(H,14,17). The van der Waals surface area contributed by atoms with Crippen molar-refractivity contribution in [1.82, 2.24) is 9.88 Å². The van der Waals surface area contributed by atoms with E-state index >= 15 is 0 Å². The Morgan fingerprint density at radius 3 is 2.67 bits per heavy atom. The summed E-state index contributed by atoms with van der Waals surface area (Å²) in [5, 5.41) is 12.9. The van der Waals surface area contributed by atoms with Crippen molar-refractivity contribution in [1.29, 1.82) is 0 Å². The molecule has 0 fully saturated rings. The van der Waals surface area contributed by atoms with Crippen LogP contribution in [0.25, 0.3) is 10.9 Å². The van der Waals surface area contributed by atoms with E-state index in [0.29, 0.717) is 17.4 Å². The molecule has 0 saturated carbocycles. The highest BCUT2D eigenvalue weighted by Gasteiger charge is 2.20. The third kappa shape index (κ3) is 1.64. The van der Waals surface area contributed by atoms with Crippen molar-refractivity contribution in [3.05, 3.63) is 40.2 Å². The molecule has 0 radical (unpaired) electrons. The number of nitrogens with one attached hydrogen (secondary N) is 1. The molecule has 0 aliphatic rings. The molecule has 2 rings (SSSR count). The summed E-state index contributed by atoms with van der Waals surface area (Å²) in [6.45, 7) is 2.25. The van der Waals surface area contributed by atoms with Crippen molar-refractivity contribution in [3.63, 3.8) is 0 Å². The summed E-state index contributed by atoms with van der Waals surface area (Å²) < 4.78 is 1.47. The molecule has 1 heterocycles. The molecule has 0 spiro atoms. The van der Waals surface area contributed by atoms with Crippen molar-refractivity contribution in [2.24, 2.45) is 0 Å². The van der Waals surface area contributed by atoms with Crippen molar-refractivity contribution < 1.29 is 9.90 Å². The number of hydrogen-bond acceptors (Lipinski definition) is 3. The summed E-state index contributed by atoms with van der Waals surface area (Å²) >= 11 is 0. The summed E-state index contributed by atoms with van der Waals surface area (Å²) in [5.41, 5.74) is -0.0683. The second-order valence-electron chi connectivity index (χ2n) is 3.87. The smallest absolute Gasteiger partial charge is 0.267 e. The van der Waals surface area contributed by atoms with Gasteiger partial charge < -0.3 is 15.0 Å². The van der Waals surface area contributed by atoms with Crippen LogP contribution in [0.4, 0.5) is 0 Å². The predicted octanol–water partition coefficient (Wildman–Crippen LogP) is 1.09. The van der Waals surface area contributed by atoms with E-state index in [2.05, 4.69) is 5.32 Å². The van der Waals surface area contributed by atoms with Crippen LogP contribution in [0.3, 0.4) is 0 Å². The van der Waals surface area contributed by atoms with Gasteiger partial charge in [0.05, 0.1) is 5.52 Å². The summed E-state index contributed by atoms with van der Waals surface area (Å²) in [6, 6.07) is 6.96. The number of aromatic nitrogens is 1. The van der Waals surface area contributed by atoms with Gasteiger partial charge in [-0.3, -0.25) is 9.59 Å². The van der Waals surface area contributed by atoms with Crippen molar-refractivity contribution >= 4 is 16.8 Å². The molecule has 5 heteroatoms. The molecular formula is C13H14N2O3. The Balaban J connectivity index is 2.97. The Labute approximate surface area is 104 Å². The zero-order chi connectivity index (χ0) is 13.3. The lowest BCUT2D eigenvalue weighted by Crippen LogP contribution is -2.31. The molecule has 1 amide bonds. The molecule has 5 nitrogen and oxygen atoms in total. The highest BCUT2D eigenvalue weighted by atomic mass is 16.3. The van der Waals surface area contributed by atoms with Crippen LogP contribution in [-0.4, -0.2) is 22.6 Å². The number of aromatic hydroxyl groups is 1. The normalized spacial score (nSPS) is 10.6. The second-order valence-corrected chi connectivity index (χ2v) is 3.87. The van der Waals surface area contributed by atoms with Gasteiger partial charge in [0.15, 0.2) is 0 Å². The monoisotopic (exact) mass is 246 g/mol. The van der Waals surface area contributed by atoms with Gasteiger partial charge in [-0.05, 0) is 19.1 Å². The number of carbonyl (C=O) groups is 1. The maximum Gasteiger partial charge on any atom is 0.267 e. The lowest BCUT2D eigenvalue weighted by molar-refractivity contribution is 0.0958. The average Bonchev–Trinajstić information content (AvgIpc) is 2.39. The zero-order valence-electron chi connectivity index (χ0n) is 10.2. The SMILES string of the molecule is CCn1c(=O)c(C(=O)NC)c(O)c2ccccc21. The van der Waals surface area contributed by atoms with E-state index in [4.69, 9.17) is 0 Å². The van der Waals surface area contributed by atoms with Gasteiger partial charge in [-0.2, -0.15) is 0 Å². The number of para-hydroxylation sites is 1. The summed E-state index contributed by atoms with van der Waals surface area (Å²) in [7, 11) is 1.42. The van der Waals surface area contributed by atoms with Crippen LogP contribution in [0.15, 0.2) is 29.1 Å². The van der Waals surface area contributed by atoms with Crippen LogP contribution >= 0.6 is 0 Å². The molecule has 1 aromatic heterocycles. The lowest BCUT2D eigenvalue weighted by atomic mass is 10.1. The maximum atomic E-state index is 12.2. The second kappa shape index (κ2) is 4.52. The molecule has 0 unspecified atom stereocenters. The Hall–Kier alpha value is -2.30. The number of pyridine rings is 1. The first kappa shape index (κ1) is 12.2. The fraction of sp³-hybridized carbons (Fsp3) is 0.231. The molecule has 0 aliphatic carbocycles. The molecule has 0 saturated heterocycles. The highest BCUT2D eigenvalue weighted by Crippen LogP contribution is 2.25. The van der Waals surface area contributed by atoms with Crippen molar-refractivity contribution in [2.75, 3.05) is 7.05 Å². The highest BCUT2D eigenvalue weighted by molar-refractivity contribution is 6.02. The number of amides is 1. The van der Waals surface area contributed by atoms with E-state index in [1.54, 1.807) is 24.3 Å². The minimum atomic E-state index is -0.578. The third-order valence-corrected chi connectivity index (χ3v) is 2.92. The number of rotatable bonds is 2. The molecule has 18 heavy (non-hydrogen) atoms. The quantitative estimate of drug-likeness (QED) is 0.833. The molecule has 1 aromatic carbocycles. The summed E-state index contributed by atoms with van der Waals surface area (Å²) in [4.78, 5) is 23.9. The zero-order valence-corrected chi connectivity index (χ0v) is 10.2. The van der Waals surface area contributed by atoms with E-state index in [-0.39, 0.29) is 11.3 Å². The first-order valence-electron chi connectivity index (χ1n) is 5.68. The molecule has 94 valence electrons. The van der Waals surface area contributed by atoms with Gasteiger partial charge in [-0.15, -0.1) is 0 Å². The number of fused-ring (bicyclic) bond motifs is 1. The fourth-order valence-corrected chi connectivity index (χ4v) is 2.03. The summed E-state index contributed by atoms with van der Waals surface area (Å²) in [5.74, 6) is -0.842. The Kier molecular flexibility index (Phi) is 3.06. The number of nitrogens with zero attached hydrogens (tertiary/aromatic N) is 1. The molecule has 0 atom stereocenters. The molecule has 2 aromatic rings. The Morgan fingerprint density at radius 1 is 1.39 bits per heavy atom. The van der Waals surface area contributed by atoms with Gasteiger partial charge in [-0.1, -0.05) is 12.1 Å². The van der Waals surface area contributed by atoms with E-state index in [1.165, 1.54) is 11.6 Å². The van der Waals surface area contributed by atoms with Gasteiger partial charge in [-0.25, -0.2) is 0 Å². The predicted molar refractivity (Wildman–Crippen MR) is 68.9 cm³/mol. The van der Waals surface area contributed by atoms with E-state index in [1.807, 2.05) is 6.92 Å². The van der Waals surface area contributed by atoms with E-state index in [9.17, 15) is 14.7 Å². The number of hydrogen-bond donors (Lipinski definition) is 2. The van der Waals surface area contributed by atoms with E-state index < -0.39 is 11.5 Å². The van der Waals surface area contributed by atoms with Crippen molar-refractivity contribution in [2.45, 2.75) is 13.5 Å². The van der Waals surface area contributed by atoms with Crippen LogP contribution in [0, 0.1) is 0 Å². The minimum Gasteiger partial charge on any atom is -0.506 e. The van der Waals surface area contributed by atoms with Crippen molar-refractivity contribution in [3.8, 4) is 5.75 Å². The molecule has 2 N–H and O–H groups in total. The van der Waals surface area contributed by atoms with Gasteiger partial charge in [0.2, 0.25) is 0 Å². The third-order valence-electron chi connectivity index (χ3n) is 2.92. The van der Waals surface area contributed by atoms with Crippen LogP contribution in [0.2, 0.25) is 0 Å². The number of carbonyl (C=O) groups excluding carboxylic acids is 1. The first-order valence-corrected chi connectivity index (χ1v) is 5.68. The topological polar surface area (TPSA) is 71.3 Å². The summed E-state index contributed by atoms with van der Waals surface area (Å²) in [6.07, 6.45) is 0. The Morgan fingerprint density at radius 2 is 2.06 bits per heavy atom. The van der Waals surface area contributed by atoms with Crippen LogP contribution in [0.5, 0.6) is 5.75 Å². The van der Waals surface area contributed by atoms with Crippen LogP contribution in [0.1, 0.15) is 17.3 Å². The number of benzene rings is 1. The van der Waals surface area contributed by atoms with Gasteiger partial charge >= 0.3 is 0 Å². The average molecular weight is 246 g/mol. The lowest BCUT2D eigenvalue weighted by Gasteiger charge is -2.12. The van der Waals surface area contributed by atoms with E-state index in [0.717, 1.165) is 0 Å². The molecule has 0 aliphatic heterocycles. The first-order chi connectivity index (χ1) is 8.61. The van der Waals surface area contributed by atoms with Crippen LogP contribution in [-0.2, 0) is 6.54 Å². The number of aryl methyl sites for hydroxylation is 1. The molecular weight excluding hydrogens is 232 g/mol. The Bertz CT molecular complexity index is 674. The molecule has 0 bridgehead atoms. The van der Waals surface area contributed by atoms with Gasteiger partial charge in [0.1, 0.15) is 11.3 Å². The van der Waals surface area contributed by atoms with Crippen LogP contribution < -0.4 is 10.9 Å². The maximum absolute atomic E-state index is 12.2. The minimum absolute atomic E-state index is 0.210. The van der Waals surface area contributed by atoms with Gasteiger partial charge in [0.25, 0.3) is 11.5 Å². The fourth-order valence-electron chi connectivity index (χ4n) is 2.03. The van der Waals surface area contributed by atoms with Gasteiger partial charge in [0, 0.05) is 19.0 Å². The largest absolute Gasteiger partial charge is 0.506 e.